The minimum atomic E-state index is -0.318. The number of aromatic nitrogens is 2. The molecule has 1 N–H and O–H groups in total. The maximum Gasteiger partial charge on any atom is 0.274 e. The van der Waals surface area contributed by atoms with Crippen molar-refractivity contribution in [3.05, 3.63) is 18.0 Å². The van der Waals surface area contributed by atoms with Crippen LogP contribution in [-0.2, 0) is 4.74 Å². The average Bonchev–Trinajstić information content (AvgIpc) is 3.31. The highest BCUT2D eigenvalue weighted by Gasteiger charge is 2.40. The van der Waals surface area contributed by atoms with Crippen molar-refractivity contribution < 1.29 is 14.6 Å². The second-order valence-electron chi connectivity index (χ2n) is 7.78. The number of aliphatic hydroxyl groups excluding tert-OH is 1. The second kappa shape index (κ2) is 7.46. The molecule has 1 aromatic rings. The SMILES string of the molecule is O=C(c1ccn(C2CCCCC2)n1)N1CCOCC1C1CCCC1O. The minimum absolute atomic E-state index is 0.0121. The van der Waals surface area contributed by atoms with E-state index in [1.54, 1.807) is 0 Å². The third-order valence-electron chi connectivity index (χ3n) is 6.23. The van der Waals surface area contributed by atoms with Crippen LogP contribution in [0.1, 0.15) is 67.9 Å². The van der Waals surface area contributed by atoms with E-state index in [2.05, 4.69) is 5.10 Å². The predicted octanol–water partition coefficient (Wildman–Crippen LogP) is 2.39. The molecule has 0 radical (unpaired) electrons. The van der Waals surface area contributed by atoms with Gasteiger partial charge < -0.3 is 14.7 Å². The number of ether oxygens (including phenoxy) is 1. The van der Waals surface area contributed by atoms with Gasteiger partial charge in [0.1, 0.15) is 5.69 Å². The maximum atomic E-state index is 13.1. The van der Waals surface area contributed by atoms with E-state index < -0.39 is 0 Å². The van der Waals surface area contributed by atoms with E-state index in [0.717, 1.165) is 32.1 Å². The van der Waals surface area contributed by atoms with Crippen molar-refractivity contribution >= 4 is 5.91 Å². The van der Waals surface area contributed by atoms with Crippen molar-refractivity contribution in [3.63, 3.8) is 0 Å². The molecule has 0 aromatic carbocycles. The summed E-state index contributed by atoms with van der Waals surface area (Å²) in [7, 11) is 0. The summed E-state index contributed by atoms with van der Waals surface area (Å²) in [5.41, 5.74) is 0.532. The quantitative estimate of drug-likeness (QED) is 0.912. The normalized spacial score (nSPS) is 31.4. The van der Waals surface area contributed by atoms with Gasteiger partial charge in [0, 0.05) is 18.7 Å². The van der Waals surface area contributed by atoms with Gasteiger partial charge >= 0.3 is 0 Å². The number of amides is 1. The van der Waals surface area contributed by atoms with Gasteiger partial charge in [-0.2, -0.15) is 5.10 Å². The van der Waals surface area contributed by atoms with Gasteiger partial charge in [0.2, 0.25) is 0 Å². The van der Waals surface area contributed by atoms with Crippen molar-refractivity contribution in [3.8, 4) is 0 Å². The lowest BCUT2D eigenvalue weighted by atomic mass is 9.94. The first kappa shape index (κ1) is 17.0. The van der Waals surface area contributed by atoms with Crippen LogP contribution >= 0.6 is 0 Å². The summed E-state index contributed by atoms with van der Waals surface area (Å²) >= 11 is 0. The van der Waals surface area contributed by atoms with E-state index in [1.807, 2.05) is 21.8 Å². The molecular weight excluding hydrogens is 318 g/mol. The minimum Gasteiger partial charge on any atom is -0.393 e. The fourth-order valence-electron chi connectivity index (χ4n) is 4.80. The monoisotopic (exact) mass is 347 g/mol. The Hall–Kier alpha value is -1.40. The van der Waals surface area contributed by atoms with E-state index in [4.69, 9.17) is 4.74 Å². The van der Waals surface area contributed by atoms with E-state index in [0.29, 0.717) is 31.5 Å². The molecule has 1 aromatic heterocycles. The lowest BCUT2D eigenvalue weighted by Crippen LogP contribution is -2.53. The molecule has 3 aliphatic rings. The lowest BCUT2D eigenvalue weighted by molar-refractivity contribution is -0.0386. The third-order valence-corrected chi connectivity index (χ3v) is 6.23. The van der Waals surface area contributed by atoms with E-state index in [9.17, 15) is 9.90 Å². The van der Waals surface area contributed by atoms with Crippen LogP contribution in [0.25, 0.3) is 0 Å². The molecule has 1 saturated heterocycles. The summed E-state index contributed by atoms with van der Waals surface area (Å²) in [4.78, 5) is 15.0. The summed E-state index contributed by atoms with van der Waals surface area (Å²) in [5.74, 6) is 0.117. The summed E-state index contributed by atoms with van der Waals surface area (Å²) in [6.45, 7) is 1.67. The molecule has 3 atom stereocenters. The molecule has 4 rings (SSSR count). The van der Waals surface area contributed by atoms with Crippen LogP contribution in [0.5, 0.6) is 0 Å². The van der Waals surface area contributed by atoms with Crippen molar-refractivity contribution in [2.24, 2.45) is 5.92 Å². The van der Waals surface area contributed by atoms with Gasteiger partial charge in [-0.25, -0.2) is 0 Å². The molecule has 2 heterocycles. The zero-order valence-electron chi connectivity index (χ0n) is 14.8. The first-order valence-corrected chi connectivity index (χ1v) is 9.86. The van der Waals surface area contributed by atoms with Gasteiger partial charge in [0.15, 0.2) is 0 Å². The number of hydrogen-bond acceptors (Lipinski definition) is 4. The topological polar surface area (TPSA) is 67.6 Å². The van der Waals surface area contributed by atoms with Crippen molar-refractivity contribution in [2.45, 2.75) is 69.6 Å². The summed E-state index contributed by atoms with van der Waals surface area (Å²) < 4.78 is 7.62. The van der Waals surface area contributed by atoms with E-state index >= 15 is 0 Å². The van der Waals surface area contributed by atoms with E-state index in [-0.39, 0.29) is 24.0 Å². The van der Waals surface area contributed by atoms with Crippen LogP contribution in [0.4, 0.5) is 0 Å². The second-order valence-corrected chi connectivity index (χ2v) is 7.78. The average molecular weight is 347 g/mol. The molecule has 3 fully saturated rings. The largest absolute Gasteiger partial charge is 0.393 e. The molecule has 2 aliphatic carbocycles. The van der Waals surface area contributed by atoms with Gasteiger partial charge in [0.25, 0.3) is 5.91 Å². The van der Waals surface area contributed by atoms with Crippen molar-refractivity contribution in [1.29, 1.82) is 0 Å². The zero-order chi connectivity index (χ0) is 17.2. The Morgan fingerprint density at radius 1 is 1.16 bits per heavy atom. The van der Waals surface area contributed by atoms with Gasteiger partial charge in [0.05, 0.1) is 31.4 Å². The number of morpholine rings is 1. The first-order chi connectivity index (χ1) is 12.2. The molecule has 0 spiro atoms. The van der Waals surface area contributed by atoms with Crippen LogP contribution in [-0.4, -0.2) is 57.6 Å². The zero-order valence-corrected chi connectivity index (χ0v) is 14.8. The van der Waals surface area contributed by atoms with Gasteiger partial charge in [-0.15, -0.1) is 0 Å². The number of hydrogen-bond donors (Lipinski definition) is 1. The fraction of sp³-hybridized carbons (Fsp3) is 0.789. The number of nitrogens with zero attached hydrogens (tertiary/aromatic N) is 3. The highest BCUT2D eigenvalue weighted by molar-refractivity contribution is 5.92. The number of rotatable bonds is 3. The molecule has 6 heteroatoms. The summed E-state index contributed by atoms with van der Waals surface area (Å²) in [6.07, 6.45) is 10.6. The molecule has 138 valence electrons. The Kier molecular flexibility index (Phi) is 5.08. The van der Waals surface area contributed by atoms with Crippen LogP contribution in [0.2, 0.25) is 0 Å². The molecule has 3 unspecified atom stereocenters. The van der Waals surface area contributed by atoms with Gasteiger partial charge in [-0.3, -0.25) is 9.48 Å². The molecule has 2 saturated carbocycles. The molecule has 1 aliphatic heterocycles. The standard InChI is InChI=1S/C19H29N3O3/c23-18-8-4-7-15(18)17-13-25-12-11-21(17)19(24)16-9-10-22(20-16)14-5-2-1-3-6-14/h9-10,14-15,17-18,23H,1-8,11-13H2. The lowest BCUT2D eigenvalue weighted by Gasteiger charge is -2.39. The van der Waals surface area contributed by atoms with Crippen LogP contribution in [0.15, 0.2) is 12.3 Å². The Morgan fingerprint density at radius 3 is 2.76 bits per heavy atom. The predicted molar refractivity (Wildman–Crippen MR) is 93.3 cm³/mol. The van der Waals surface area contributed by atoms with Crippen LogP contribution in [0, 0.1) is 5.92 Å². The van der Waals surface area contributed by atoms with Crippen LogP contribution < -0.4 is 0 Å². The smallest absolute Gasteiger partial charge is 0.274 e. The highest BCUT2D eigenvalue weighted by Crippen LogP contribution is 2.33. The fourth-order valence-corrected chi connectivity index (χ4v) is 4.80. The summed E-state index contributed by atoms with van der Waals surface area (Å²) in [5, 5.41) is 14.9. The Labute approximate surface area is 149 Å². The molecule has 25 heavy (non-hydrogen) atoms. The first-order valence-electron chi connectivity index (χ1n) is 9.86. The van der Waals surface area contributed by atoms with E-state index in [1.165, 1.54) is 19.3 Å². The van der Waals surface area contributed by atoms with Crippen molar-refractivity contribution in [2.75, 3.05) is 19.8 Å². The Morgan fingerprint density at radius 2 is 2.00 bits per heavy atom. The third kappa shape index (κ3) is 3.47. The van der Waals surface area contributed by atoms with Gasteiger partial charge in [-0.1, -0.05) is 25.7 Å². The van der Waals surface area contributed by atoms with Crippen molar-refractivity contribution in [1.82, 2.24) is 14.7 Å². The molecular formula is C19H29N3O3. The maximum absolute atomic E-state index is 13.1. The summed E-state index contributed by atoms with van der Waals surface area (Å²) in [6, 6.07) is 2.26. The van der Waals surface area contributed by atoms with Crippen LogP contribution in [0.3, 0.4) is 0 Å². The Bertz CT molecular complexity index is 596. The molecule has 1 amide bonds. The Balaban J connectivity index is 1.49. The number of aliphatic hydroxyl groups is 1. The number of carbonyl (C=O) groups excluding carboxylic acids is 1. The highest BCUT2D eigenvalue weighted by atomic mass is 16.5. The molecule has 6 nitrogen and oxygen atoms in total. The number of carbonyl (C=O) groups is 1. The van der Waals surface area contributed by atoms with Gasteiger partial charge in [-0.05, 0) is 31.7 Å². The molecule has 0 bridgehead atoms.